The summed E-state index contributed by atoms with van der Waals surface area (Å²) < 4.78 is 2.01. The molecule has 0 fully saturated rings. The molecule has 0 spiro atoms. The van der Waals surface area contributed by atoms with Crippen LogP contribution in [0, 0.1) is 11.3 Å². The molecule has 1 aromatic heterocycles. The Hall–Kier alpha value is -2.12. The van der Waals surface area contributed by atoms with Crippen LogP contribution < -0.4 is 5.32 Å². The minimum atomic E-state index is 0.685. The number of nitrogens with zero attached hydrogens (tertiary/aromatic N) is 3. The van der Waals surface area contributed by atoms with E-state index in [-0.39, 0.29) is 0 Å². The minimum Gasteiger partial charge on any atom is -0.333 e. The fourth-order valence-corrected chi connectivity index (χ4v) is 1.94. The molecule has 1 aromatic carbocycles. The lowest BCUT2D eigenvalue weighted by Crippen LogP contribution is -2.13. The van der Waals surface area contributed by atoms with E-state index in [1.54, 1.807) is 0 Å². The summed E-state index contributed by atoms with van der Waals surface area (Å²) >= 11 is 0. The average Bonchev–Trinajstić information content (AvgIpc) is 2.87. The molecule has 1 heterocycles. The maximum absolute atomic E-state index is 9.06. The highest BCUT2D eigenvalue weighted by molar-refractivity contribution is 5.37. The van der Waals surface area contributed by atoms with Crippen molar-refractivity contribution in [3.05, 3.63) is 53.6 Å². The number of hydrogen-bond donors (Lipinski definition) is 1. The van der Waals surface area contributed by atoms with Crippen molar-refractivity contribution in [2.75, 3.05) is 6.54 Å². The summed E-state index contributed by atoms with van der Waals surface area (Å²) in [6.07, 6.45) is 4.96. The average molecular weight is 254 g/mol. The smallest absolute Gasteiger partial charge is 0.0995 e. The van der Waals surface area contributed by atoms with Crippen molar-refractivity contribution in [3.63, 3.8) is 0 Å². The van der Waals surface area contributed by atoms with Gasteiger partial charge in [-0.05, 0) is 24.6 Å². The fourth-order valence-electron chi connectivity index (χ4n) is 1.94. The quantitative estimate of drug-likeness (QED) is 0.805. The van der Waals surface area contributed by atoms with E-state index in [0.717, 1.165) is 36.3 Å². The van der Waals surface area contributed by atoms with Crippen molar-refractivity contribution >= 4 is 0 Å². The zero-order valence-electron chi connectivity index (χ0n) is 11.1. The Morgan fingerprint density at radius 1 is 1.37 bits per heavy atom. The van der Waals surface area contributed by atoms with Gasteiger partial charge in [-0.15, -0.1) is 0 Å². The second-order valence-electron chi connectivity index (χ2n) is 4.48. The number of imidazole rings is 1. The molecule has 0 saturated heterocycles. The highest BCUT2D eigenvalue weighted by Gasteiger charge is 2.03. The standard InChI is InChI=1S/C15H18N4/c1-2-7-17-9-15-11-19(12-18-15)10-14-6-4-3-5-13(14)8-16/h3-6,11-12,17H,2,7,9-10H2,1H3. The van der Waals surface area contributed by atoms with E-state index in [9.17, 15) is 0 Å². The molecule has 0 saturated carbocycles. The van der Waals surface area contributed by atoms with Gasteiger partial charge in [-0.1, -0.05) is 25.1 Å². The first-order valence-electron chi connectivity index (χ1n) is 6.53. The van der Waals surface area contributed by atoms with Gasteiger partial charge < -0.3 is 9.88 Å². The van der Waals surface area contributed by atoms with E-state index in [4.69, 9.17) is 5.26 Å². The lowest BCUT2D eigenvalue weighted by molar-refractivity contribution is 0.665. The van der Waals surface area contributed by atoms with E-state index >= 15 is 0 Å². The summed E-state index contributed by atoms with van der Waals surface area (Å²) in [5, 5.41) is 12.4. The van der Waals surface area contributed by atoms with Gasteiger partial charge in [0.05, 0.1) is 23.7 Å². The first-order chi connectivity index (χ1) is 9.33. The predicted molar refractivity (Wildman–Crippen MR) is 74.5 cm³/mol. The van der Waals surface area contributed by atoms with Crippen LogP contribution in [0.5, 0.6) is 0 Å². The third-order valence-electron chi connectivity index (χ3n) is 2.91. The maximum Gasteiger partial charge on any atom is 0.0995 e. The minimum absolute atomic E-state index is 0.685. The second kappa shape index (κ2) is 6.72. The van der Waals surface area contributed by atoms with Crippen molar-refractivity contribution in [3.8, 4) is 6.07 Å². The monoisotopic (exact) mass is 254 g/mol. The molecule has 0 aliphatic heterocycles. The Morgan fingerprint density at radius 2 is 2.21 bits per heavy atom. The molecule has 98 valence electrons. The van der Waals surface area contributed by atoms with Crippen molar-refractivity contribution in [1.29, 1.82) is 5.26 Å². The van der Waals surface area contributed by atoms with Crippen LogP contribution in [-0.2, 0) is 13.1 Å². The van der Waals surface area contributed by atoms with E-state index < -0.39 is 0 Å². The van der Waals surface area contributed by atoms with Gasteiger partial charge in [0, 0.05) is 19.3 Å². The van der Waals surface area contributed by atoms with E-state index in [1.807, 2.05) is 41.4 Å². The lowest BCUT2D eigenvalue weighted by atomic mass is 10.1. The van der Waals surface area contributed by atoms with Crippen LogP contribution in [0.25, 0.3) is 0 Å². The van der Waals surface area contributed by atoms with Gasteiger partial charge in [-0.2, -0.15) is 5.26 Å². The third-order valence-corrected chi connectivity index (χ3v) is 2.91. The number of rotatable bonds is 6. The van der Waals surface area contributed by atoms with Crippen LogP contribution in [0.2, 0.25) is 0 Å². The van der Waals surface area contributed by atoms with Gasteiger partial charge in [-0.3, -0.25) is 0 Å². The Balaban J connectivity index is 2.02. The molecule has 4 heteroatoms. The molecule has 0 radical (unpaired) electrons. The van der Waals surface area contributed by atoms with Crippen LogP contribution in [0.15, 0.2) is 36.8 Å². The van der Waals surface area contributed by atoms with Crippen LogP contribution in [-0.4, -0.2) is 16.1 Å². The molecule has 0 atom stereocenters. The van der Waals surface area contributed by atoms with Crippen LogP contribution >= 0.6 is 0 Å². The maximum atomic E-state index is 9.06. The first-order valence-corrected chi connectivity index (χ1v) is 6.53. The van der Waals surface area contributed by atoms with E-state index in [1.165, 1.54) is 0 Å². The number of aromatic nitrogens is 2. The molecule has 0 bridgehead atoms. The van der Waals surface area contributed by atoms with Gasteiger partial charge in [-0.25, -0.2) is 4.98 Å². The number of hydrogen-bond acceptors (Lipinski definition) is 3. The summed E-state index contributed by atoms with van der Waals surface area (Å²) in [5.41, 5.74) is 2.78. The SMILES string of the molecule is CCCNCc1cn(Cc2ccccc2C#N)cn1. The third kappa shape index (κ3) is 3.67. The number of nitriles is 1. The second-order valence-corrected chi connectivity index (χ2v) is 4.48. The molecule has 0 aliphatic carbocycles. The zero-order valence-corrected chi connectivity index (χ0v) is 11.1. The lowest BCUT2D eigenvalue weighted by Gasteiger charge is -2.04. The fraction of sp³-hybridized carbons (Fsp3) is 0.333. The summed E-state index contributed by atoms with van der Waals surface area (Å²) in [4.78, 5) is 4.36. The molecular weight excluding hydrogens is 236 g/mol. The molecule has 0 unspecified atom stereocenters. The van der Waals surface area contributed by atoms with Crippen molar-refractivity contribution in [1.82, 2.24) is 14.9 Å². The molecule has 2 rings (SSSR count). The number of nitrogens with one attached hydrogen (secondary N) is 1. The summed E-state index contributed by atoms with van der Waals surface area (Å²) in [6, 6.07) is 9.88. The van der Waals surface area contributed by atoms with Gasteiger partial charge in [0.1, 0.15) is 0 Å². The predicted octanol–water partition coefficient (Wildman–Crippen LogP) is 2.30. The van der Waals surface area contributed by atoms with Crippen molar-refractivity contribution in [2.45, 2.75) is 26.4 Å². The molecular formula is C15H18N4. The Labute approximate surface area is 113 Å². The Bertz CT molecular complexity index is 566. The van der Waals surface area contributed by atoms with Gasteiger partial charge in [0.15, 0.2) is 0 Å². The van der Waals surface area contributed by atoms with E-state index in [0.29, 0.717) is 6.54 Å². The summed E-state index contributed by atoms with van der Waals surface area (Å²) in [5.74, 6) is 0. The van der Waals surface area contributed by atoms with Crippen LogP contribution in [0.3, 0.4) is 0 Å². The van der Waals surface area contributed by atoms with Crippen LogP contribution in [0.1, 0.15) is 30.2 Å². The highest BCUT2D eigenvalue weighted by Crippen LogP contribution is 2.09. The van der Waals surface area contributed by atoms with E-state index in [2.05, 4.69) is 23.3 Å². The molecule has 1 N–H and O–H groups in total. The Kier molecular flexibility index (Phi) is 4.71. The zero-order chi connectivity index (χ0) is 13.5. The molecule has 0 amide bonds. The largest absolute Gasteiger partial charge is 0.333 e. The van der Waals surface area contributed by atoms with Crippen LogP contribution in [0.4, 0.5) is 0 Å². The molecule has 0 aliphatic rings. The van der Waals surface area contributed by atoms with Gasteiger partial charge in [0.2, 0.25) is 0 Å². The Morgan fingerprint density at radius 3 is 3.00 bits per heavy atom. The molecule has 4 nitrogen and oxygen atoms in total. The highest BCUT2D eigenvalue weighted by atomic mass is 15.0. The van der Waals surface area contributed by atoms with Crippen molar-refractivity contribution in [2.24, 2.45) is 0 Å². The molecule has 19 heavy (non-hydrogen) atoms. The summed E-state index contributed by atoms with van der Waals surface area (Å²) in [7, 11) is 0. The molecule has 2 aromatic rings. The normalized spacial score (nSPS) is 10.3. The topological polar surface area (TPSA) is 53.6 Å². The van der Waals surface area contributed by atoms with Crippen molar-refractivity contribution < 1.29 is 0 Å². The summed E-state index contributed by atoms with van der Waals surface area (Å²) in [6.45, 7) is 4.62. The van der Waals surface area contributed by atoms with Gasteiger partial charge >= 0.3 is 0 Å². The first kappa shape index (κ1) is 13.3. The number of benzene rings is 1. The van der Waals surface area contributed by atoms with Gasteiger partial charge in [0.25, 0.3) is 0 Å².